The van der Waals surface area contributed by atoms with E-state index < -0.39 is 11.5 Å². The quantitative estimate of drug-likeness (QED) is 0.777. The average molecular weight is 303 g/mol. The summed E-state index contributed by atoms with van der Waals surface area (Å²) in [5.74, 6) is -2.52. The van der Waals surface area contributed by atoms with Crippen molar-refractivity contribution in [2.75, 3.05) is 11.9 Å². The summed E-state index contributed by atoms with van der Waals surface area (Å²) in [4.78, 5) is 1.81. The van der Waals surface area contributed by atoms with Crippen molar-refractivity contribution in [1.29, 1.82) is 0 Å². The van der Waals surface area contributed by atoms with Gasteiger partial charge in [-0.3, -0.25) is 0 Å². The number of hydrogen-bond donors (Lipinski definition) is 2. The number of anilines is 1. The number of phenolic OH excluding ortho intramolecular Hbond substituents is 2. The summed E-state index contributed by atoms with van der Waals surface area (Å²) in [6.45, 7) is 0. The van der Waals surface area contributed by atoms with Crippen molar-refractivity contribution in [3.63, 3.8) is 0 Å². The summed E-state index contributed by atoms with van der Waals surface area (Å²) >= 11 is 0. The Morgan fingerprint density at radius 2 is 1.55 bits per heavy atom. The van der Waals surface area contributed by atoms with Gasteiger partial charge in [0.25, 0.3) is 5.92 Å². The summed E-state index contributed by atoms with van der Waals surface area (Å²) in [6.07, 6.45) is -0.579. The van der Waals surface area contributed by atoms with E-state index in [4.69, 9.17) is 0 Å². The average Bonchev–Trinajstić information content (AvgIpc) is 2.42. The Kier molecular flexibility index (Phi) is 2.38. The molecule has 1 spiro atoms. The third-order valence-electron chi connectivity index (χ3n) is 4.88. The van der Waals surface area contributed by atoms with E-state index in [9.17, 15) is 19.0 Å². The Bertz CT molecular complexity index is 780. The van der Waals surface area contributed by atoms with Gasteiger partial charge in [0.1, 0.15) is 11.5 Å². The van der Waals surface area contributed by atoms with Gasteiger partial charge >= 0.3 is 0 Å². The molecule has 2 aromatic carbocycles. The molecule has 1 aliphatic carbocycles. The highest BCUT2D eigenvalue weighted by Gasteiger charge is 2.61. The molecule has 1 fully saturated rings. The molecule has 1 saturated carbocycles. The van der Waals surface area contributed by atoms with Crippen molar-refractivity contribution in [2.45, 2.75) is 24.3 Å². The topological polar surface area (TPSA) is 43.7 Å². The molecule has 4 rings (SSSR count). The lowest BCUT2D eigenvalue weighted by Gasteiger charge is -2.56. The van der Waals surface area contributed by atoms with Gasteiger partial charge in [-0.25, -0.2) is 8.78 Å². The fourth-order valence-electron chi connectivity index (χ4n) is 3.82. The summed E-state index contributed by atoms with van der Waals surface area (Å²) < 4.78 is 27.3. The van der Waals surface area contributed by atoms with Gasteiger partial charge in [-0.15, -0.1) is 0 Å². The van der Waals surface area contributed by atoms with E-state index >= 15 is 0 Å². The van der Waals surface area contributed by atoms with Crippen LogP contribution in [0.4, 0.5) is 14.5 Å². The van der Waals surface area contributed by atoms with Crippen LogP contribution in [0.5, 0.6) is 11.5 Å². The monoisotopic (exact) mass is 303 g/mol. The normalized spacial score (nSPS) is 20.2. The van der Waals surface area contributed by atoms with Crippen molar-refractivity contribution in [3.05, 3.63) is 42.0 Å². The number of hydrogen-bond acceptors (Lipinski definition) is 3. The molecule has 0 unspecified atom stereocenters. The van der Waals surface area contributed by atoms with Crippen LogP contribution in [-0.4, -0.2) is 23.2 Å². The molecule has 2 N–H and O–H groups in total. The summed E-state index contributed by atoms with van der Waals surface area (Å²) in [6, 6.07) is 9.86. The first kappa shape index (κ1) is 13.4. The van der Waals surface area contributed by atoms with Crippen molar-refractivity contribution in [3.8, 4) is 22.6 Å². The highest BCUT2D eigenvalue weighted by Crippen LogP contribution is 2.61. The first-order valence-electron chi connectivity index (χ1n) is 7.11. The second-order valence-electron chi connectivity index (χ2n) is 6.23. The second-order valence-corrected chi connectivity index (χ2v) is 6.23. The SMILES string of the molecule is CN1c2cc(O)ccc2-c2ccc(O)cc2C12CC(F)(F)C2. The molecule has 1 heterocycles. The number of fused-ring (bicyclic) bond motifs is 4. The summed E-state index contributed by atoms with van der Waals surface area (Å²) in [5, 5.41) is 19.5. The molecule has 0 radical (unpaired) electrons. The molecule has 22 heavy (non-hydrogen) atoms. The first-order valence-corrected chi connectivity index (χ1v) is 7.11. The van der Waals surface area contributed by atoms with Crippen LogP contribution in [0.1, 0.15) is 18.4 Å². The van der Waals surface area contributed by atoms with E-state index in [2.05, 4.69) is 0 Å². The van der Waals surface area contributed by atoms with Gasteiger partial charge in [-0.1, -0.05) is 6.07 Å². The van der Waals surface area contributed by atoms with Gasteiger partial charge in [0, 0.05) is 37.2 Å². The maximum absolute atomic E-state index is 13.7. The molecule has 0 atom stereocenters. The van der Waals surface area contributed by atoms with Gasteiger partial charge in [0.05, 0.1) is 5.54 Å². The molecule has 0 aromatic heterocycles. The van der Waals surface area contributed by atoms with E-state index in [1.54, 1.807) is 48.3 Å². The lowest BCUT2D eigenvalue weighted by Crippen LogP contribution is -2.60. The van der Waals surface area contributed by atoms with Gasteiger partial charge < -0.3 is 15.1 Å². The van der Waals surface area contributed by atoms with Crippen LogP contribution in [0.15, 0.2) is 36.4 Å². The third kappa shape index (κ3) is 1.59. The van der Waals surface area contributed by atoms with Crippen LogP contribution in [0.3, 0.4) is 0 Å². The van der Waals surface area contributed by atoms with Crippen LogP contribution >= 0.6 is 0 Å². The fraction of sp³-hybridized carbons (Fsp3) is 0.294. The minimum Gasteiger partial charge on any atom is -0.508 e. The molecule has 114 valence electrons. The van der Waals surface area contributed by atoms with E-state index in [-0.39, 0.29) is 24.3 Å². The molecule has 5 heteroatoms. The Balaban J connectivity index is 1.99. The lowest BCUT2D eigenvalue weighted by molar-refractivity contribution is -0.126. The number of phenols is 2. The van der Waals surface area contributed by atoms with E-state index in [0.29, 0.717) is 0 Å². The predicted molar refractivity (Wildman–Crippen MR) is 79.5 cm³/mol. The van der Waals surface area contributed by atoms with E-state index in [1.165, 1.54) is 0 Å². The molecular weight excluding hydrogens is 288 g/mol. The van der Waals surface area contributed by atoms with Gasteiger partial charge in [-0.05, 0) is 35.4 Å². The molecule has 0 bridgehead atoms. The first-order chi connectivity index (χ1) is 10.3. The highest BCUT2D eigenvalue weighted by atomic mass is 19.3. The zero-order chi connectivity index (χ0) is 15.7. The van der Waals surface area contributed by atoms with Crippen LogP contribution in [-0.2, 0) is 5.54 Å². The third-order valence-corrected chi connectivity index (χ3v) is 4.88. The molecule has 0 saturated heterocycles. The minimum atomic E-state index is -2.70. The number of halogens is 2. The van der Waals surface area contributed by atoms with Gasteiger partial charge in [0.2, 0.25) is 0 Å². The summed E-state index contributed by atoms with van der Waals surface area (Å²) in [5.41, 5.74) is 2.32. The Morgan fingerprint density at radius 1 is 0.955 bits per heavy atom. The molecule has 3 nitrogen and oxygen atoms in total. The molecule has 1 aliphatic heterocycles. The zero-order valence-electron chi connectivity index (χ0n) is 12.0. The lowest BCUT2D eigenvalue weighted by atomic mass is 9.64. The molecule has 2 aromatic rings. The predicted octanol–water partition coefficient (Wildman–Crippen LogP) is 3.84. The molecular formula is C17H15F2NO2. The van der Waals surface area contributed by atoms with E-state index in [1.807, 2.05) is 0 Å². The zero-order valence-corrected chi connectivity index (χ0v) is 12.0. The summed E-state index contributed by atoms with van der Waals surface area (Å²) in [7, 11) is 1.76. The number of aromatic hydroxyl groups is 2. The van der Waals surface area contributed by atoms with Crippen LogP contribution in [0.2, 0.25) is 0 Å². The van der Waals surface area contributed by atoms with Gasteiger partial charge in [0.15, 0.2) is 0 Å². The van der Waals surface area contributed by atoms with Crippen LogP contribution in [0.25, 0.3) is 11.1 Å². The number of alkyl halides is 2. The maximum Gasteiger partial charge on any atom is 0.253 e. The number of benzene rings is 2. The van der Waals surface area contributed by atoms with Crippen molar-refractivity contribution in [1.82, 2.24) is 0 Å². The van der Waals surface area contributed by atoms with Crippen LogP contribution in [0, 0.1) is 0 Å². The molecule has 0 amide bonds. The standard InChI is InChI=1S/C17H15F2NO2/c1-20-15-7-11(22)3-5-13(15)12-4-2-10(21)6-14(12)16(20)8-17(18,19)9-16/h2-7,21-22H,8-9H2,1H3. The van der Waals surface area contributed by atoms with Gasteiger partial charge in [-0.2, -0.15) is 0 Å². The fourth-order valence-corrected chi connectivity index (χ4v) is 3.82. The maximum atomic E-state index is 13.7. The van der Waals surface area contributed by atoms with Crippen molar-refractivity contribution in [2.24, 2.45) is 0 Å². The van der Waals surface area contributed by atoms with Crippen LogP contribution < -0.4 is 4.90 Å². The van der Waals surface area contributed by atoms with E-state index in [0.717, 1.165) is 22.4 Å². The smallest absolute Gasteiger partial charge is 0.253 e. The Morgan fingerprint density at radius 3 is 2.18 bits per heavy atom. The minimum absolute atomic E-state index is 0.0731. The van der Waals surface area contributed by atoms with Crippen molar-refractivity contribution >= 4 is 5.69 Å². The highest BCUT2D eigenvalue weighted by molar-refractivity contribution is 5.87. The largest absolute Gasteiger partial charge is 0.508 e. The number of rotatable bonds is 0. The Hall–Kier alpha value is -2.30. The van der Waals surface area contributed by atoms with Crippen molar-refractivity contribution < 1.29 is 19.0 Å². The Labute approximate surface area is 126 Å². The second kappa shape index (κ2) is 3.91. The number of nitrogens with zero attached hydrogens (tertiary/aromatic N) is 1. The molecule has 2 aliphatic rings.